The standard InChI is InChI=1S/C22H31N3O13/c1-9(27)23-15-19(31)17(29)13(7-26)37-21(15)35-8-14-18(30)20(32)16(24-10(2)28)22(38-14)36-12-5-3-11(4-6-12)25(33)34/h3-6,13-22,26,29-32H,7-8H2,1-2H3,(H,23,27)(H,24,28)/t13-,14-,15-,16-,17-,18-,19-,20-,21-,22+/m1/s1. The van der Waals surface area contributed by atoms with Gasteiger partial charge in [-0.15, -0.1) is 0 Å². The second kappa shape index (κ2) is 12.7. The maximum absolute atomic E-state index is 11.7. The normalized spacial score (nSPS) is 35.2. The molecule has 2 aliphatic rings. The Kier molecular flexibility index (Phi) is 9.91. The van der Waals surface area contributed by atoms with Crippen LogP contribution in [0, 0.1) is 10.1 Å². The third-order valence-electron chi connectivity index (χ3n) is 6.05. The van der Waals surface area contributed by atoms with Gasteiger partial charge in [0.1, 0.15) is 54.5 Å². The minimum Gasteiger partial charge on any atom is -0.463 e. The van der Waals surface area contributed by atoms with Crippen molar-refractivity contribution in [3.8, 4) is 5.75 Å². The van der Waals surface area contributed by atoms with Gasteiger partial charge in [0.05, 0.1) is 18.1 Å². The summed E-state index contributed by atoms with van der Waals surface area (Å²) in [4.78, 5) is 33.6. The van der Waals surface area contributed by atoms with Crippen LogP contribution in [0.3, 0.4) is 0 Å². The van der Waals surface area contributed by atoms with E-state index >= 15 is 0 Å². The Morgan fingerprint density at radius 3 is 1.89 bits per heavy atom. The maximum atomic E-state index is 11.7. The fourth-order valence-electron chi connectivity index (χ4n) is 4.14. The summed E-state index contributed by atoms with van der Waals surface area (Å²) in [5, 5.41) is 67.1. The molecule has 7 N–H and O–H groups in total. The van der Waals surface area contributed by atoms with E-state index in [1.165, 1.54) is 38.1 Å². The minimum atomic E-state index is -1.62. The van der Waals surface area contributed by atoms with Crippen LogP contribution in [0.5, 0.6) is 5.75 Å². The molecule has 0 aliphatic carbocycles. The van der Waals surface area contributed by atoms with Crippen molar-refractivity contribution in [1.29, 1.82) is 0 Å². The summed E-state index contributed by atoms with van der Waals surface area (Å²) in [5.74, 6) is -1.03. The van der Waals surface area contributed by atoms with E-state index in [0.717, 1.165) is 0 Å². The van der Waals surface area contributed by atoms with Gasteiger partial charge in [-0.25, -0.2) is 0 Å². The van der Waals surface area contributed by atoms with Gasteiger partial charge in [-0.3, -0.25) is 19.7 Å². The topological polar surface area (TPSA) is 239 Å². The van der Waals surface area contributed by atoms with Gasteiger partial charge in [0.25, 0.3) is 5.69 Å². The number of aliphatic hydroxyl groups is 5. The zero-order valence-corrected chi connectivity index (χ0v) is 20.4. The molecule has 0 bridgehead atoms. The van der Waals surface area contributed by atoms with Crippen molar-refractivity contribution in [3.05, 3.63) is 34.4 Å². The van der Waals surface area contributed by atoms with Gasteiger partial charge in [-0.05, 0) is 12.1 Å². The number of aliphatic hydroxyl groups excluding tert-OH is 5. The molecule has 16 heteroatoms. The van der Waals surface area contributed by atoms with E-state index in [0.29, 0.717) is 0 Å². The summed E-state index contributed by atoms with van der Waals surface area (Å²) in [6.45, 7) is 1.18. The van der Waals surface area contributed by atoms with Crippen LogP contribution in [0.4, 0.5) is 5.69 Å². The number of nitrogens with zero attached hydrogens (tertiary/aromatic N) is 1. The van der Waals surface area contributed by atoms with Crippen molar-refractivity contribution < 1.29 is 59.0 Å². The zero-order valence-electron chi connectivity index (χ0n) is 20.4. The van der Waals surface area contributed by atoms with Crippen LogP contribution in [-0.4, -0.2) is 117 Å². The van der Waals surface area contributed by atoms with Crippen LogP contribution >= 0.6 is 0 Å². The molecule has 1 aromatic rings. The van der Waals surface area contributed by atoms with Gasteiger partial charge in [0.15, 0.2) is 6.29 Å². The quantitative estimate of drug-likeness (QED) is 0.120. The average molecular weight is 545 g/mol. The number of hydrogen-bond acceptors (Lipinski definition) is 13. The lowest BCUT2D eigenvalue weighted by atomic mass is 9.96. The number of non-ortho nitro benzene ring substituents is 1. The molecule has 0 unspecified atom stereocenters. The van der Waals surface area contributed by atoms with Gasteiger partial charge in [0, 0.05) is 26.0 Å². The van der Waals surface area contributed by atoms with E-state index in [4.69, 9.17) is 18.9 Å². The number of nitro groups is 1. The van der Waals surface area contributed by atoms with Crippen LogP contribution in [0.25, 0.3) is 0 Å². The van der Waals surface area contributed by atoms with E-state index < -0.39 is 91.2 Å². The summed E-state index contributed by atoms with van der Waals surface area (Å²) >= 11 is 0. The number of hydrogen-bond donors (Lipinski definition) is 7. The highest BCUT2D eigenvalue weighted by atomic mass is 16.7. The first-order chi connectivity index (χ1) is 17.9. The van der Waals surface area contributed by atoms with Gasteiger partial charge < -0.3 is 55.1 Å². The summed E-state index contributed by atoms with van der Waals surface area (Å²) in [6.07, 6.45) is -11.7. The van der Waals surface area contributed by atoms with Crippen molar-refractivity contribution in [1.82, 2.24) is 10.6 Å². The second-order valence-electron chi connectivity index (χ2n) is 8.89. The molecule has 1 aromatic carbocycles. The number of ether oxygens (including phenoxy) is 4. The molecular weight excluding hydrogens is 514 g/mol. The first-order valence-corrected chi connectivity index (χ1v) is 11.6. The summed E-state index contributed by atoms with van der Waals surface area (Å²) in [7, 11) is 0. The van der Waals surface area contributed by atoms with E-state index in [1.807, 2.05) is 0 Å². The van der Waals surface area contributed by atoms with E-state index in [2.05, 4.69) is 10.6 Å². The molecule has 2 aliphatic heterocycles. The number of carbonyl (C=O) groups is 2. The number of nitro benzene ring substituents is 1. The summed E-state index contributed by atoms with van der Waals surface area (Å²) < 4.78 is 22.6. The number of nitrogens with one attached hydrogen (secondary N) is 2. The molecular formula is C22H31N3O13. The van der Waals surface area contributed by atoms with Crippen LogP contribution in [0.2, 0.25) is 0 Å². The Morgan fingerprint density at radius 1 is 0.895 bits per heavy atom. The second-order valence-corrected chi connectivity index (χ2v) is 8.89. The number of amides is 2. The number of carbonyl (C=O) groups excluding carboxylic acids is 2. The van der Waals surface area contributed by atoms with Crippen LogP contribution < -0.4 is 15.4 Å². The van der Waals surface area contributed by atoms with E-state index in [9.17, 15) is 45.2 Å². The first-order valence-electron chi connectivity index (χ1n) is 11.6. The molecule has 2 saturated heterocycles. The Morgan fingerprint density at radius 2 is 1.39 bits per heavy atom. The molecule has 0 saturated carbocycles. The molecule has 38 heavy (non-hydrogen) atoms. The first kappa shape index (κ1) is 29.6. The molecule has 0 spiro atoms. The summed E-state index contributed by atoms with van der Waals surface area (Å²) in [5.41, 5.74) is -0.197. The van der Waals surface area contributed by atoms with Crippen molar-refractivity contribution >= 4 is 17.5 Å². The molecule has 16 nitrogen and oxygen atoms in total. The molecule has 2 heterocycles. The molecule has 10 atom stereocenters. The lowest BCUT2D eigenvalue weighted by Crippen LogP contribution is -2.67. The maximum Gasteiger partial charge on any atom is 0.269 e. The molecule has 3 rings (SSSR count). The Bertz CT molecular complexity index is 980. The third kappa shape index (κ3) is 6.91. The van der Waals surface area contributed by atoms with Crippen molar-refractivity contribution in [3.63, 3.8) is 0 Å². The molecule has 2 fully saturated rings. The predicted molar refractivity (Wildman–Crippen MR) is 123 cm³/mol. The highest BCUT2D eigenvalue weighted by molar-refractivity contribution is 5.73. The Balaban J connectivity index is 1.77. The van der Waals surface area contributed by atoms with Gasteiger partial charge in [0.2, 0.25) is 18.1 Å². The highest BCUT2D eigenvalue weighted by Crippen LogP contribution is 2.28. The number of rotatable bonds is 9. The minimum absolute atomic E-state index is 0.100. The predicted octanol–water partition coefficient (Wildman–Crippen LogP) is -3.11. The van der Waals surface area contributed by atoms with Crippen molar-refractivity contribution in [2.24, 2.45) is 0 Å². The van der Waals surface area contributed by atoms with E-state index in [-0.39, 0.29) is 11.4 Å². The molecule has 212 valence electrons. The van der Waals surface area contributed by atoms with Crippen LogP contribution in [-0.2, 0) is 23.8 Å². The van der Waals surface area contributed by atoms with Crippen molar-refractivity contribution in [2.75, 3.05) is 13.2 Å². The Labute approximate surface area is 216 Å². The Hall–Kier alpha value is -2.96. The van der Waals surface area contributed by atoms with E-state index in [1.54, 1.807) is 0 Å². The molecule has 0 aromatic heterocycles. The molecule has 0 radical (unpaired) electrons. The van der Waals surface area contributed by atoms with Crippen LogP contribution in [0.15, 0.2) is 24.3 Å². The average Bonchev–Trinajstić information content (AvgIpc) is 2.86. The SMILES string of the molecule is CC(=O)N[C@H]1[C@H](OC[C@H]2O[C@H](Oc3ccc([N+](=O)[O-])cc3)[C@H](NC(C)=O)[C@@H](O)[C@@H]2O)O[C@H](CO)[C@@H](O)[C@@H]1O. The highest BCUT2D eigenvalue weighted by Gasteiger charge is 2.49. The van der Waals surface area contributed by atoms with Crippen LogP contribution in [0.1, 0.15) is 13.8 Å². The lowest BCUT2D eigenvalue weighted by Gasteiger charge is -2.44. The largest absolute Gasteiger partial charge is 0.463 e. The number of benzene rings is 1. The van der Waals surface area contributed by atoms with Gasteiger partial charge in [-0.1, -0.05) is 0 Å². The smallest absolute Gasteiger partial charge is 0.269 e. The molecule has 2 amide bonds. The fraction of sp³-hybridized carbons (Fsp3) is 0.636. The van der Waals surface area contributed by atoms with Gasteiger partial charge >= 0.3 is 0 Å². The lowest BCUT2D eigenvalue weighted by molar-refractivity contribution is -0.384. The fourth-order valence-corrected chi connectivity index (χ4v) is 4.14. The monoisotopic (exact) mass is 545 g/mol. The summed E-state index contributed by atoms with van der Waals surface area (Å²) in [6, 6.07) is 2.42. The van der Waals surface area contributed by atoms with Crippen molar-refractivity contribution in [2.45, 2.75) is 75.1 Å². The van der Waals surface area contributed by atoms with Gasteiger partial charge in [-0.2, -0.15) is 0 Å². The third-order valence-corrected chi connectivity index (χ3v) is 6.05. The zero-order chi connectivity index (χ0) is 28.1.